The van der Waals surface area contributed by atoms with Crippen LogP contribution < -0.4 is 5.32 Å². The molecule has 1 aliphatic rings. The third kappa shape index (κ3) is 2.27. The number of benzene rings is 1. The smallest absolute Gasteiger partial charge is 0.123 e. The molecule has 0 atom stereocenters. The molecule has 0 spiro atoms. The molecule has 4 heteroatoms. The van der Waals surface area contributed by atoms with Crippen molar-refractivity contribution in [2.24, 2.45) is 0 Å². The number of hydrogen-bond donors (Lipinski definition) is 2. The monoisotopic (exact) mass is 210 g/mol. The first kappa shape index (κ1) is 10.4. The van der Waals surface area contributed by atoms with Gasteiger partial charge in [-0.25, -0.2) is 4.39 Å². The minimum atomic E-state index is -0.303. The Morgan fingerprint density at radius 2 is 2.27 bits per heavy atom. The maximum absolute atomic E-state index is 13.0. The van der Waals surface area contributed by atoms with Gasteiger partial charge in [-0.15, -0.1) is 0 Å². The molecule has 0 unspecified atom stereocenters. The van der Waals surface area contributed by atoms with E-state index >= 15 is 0 Å². The Morgan fingerprint density at radius 3 is 2.87 bits per heavy atom. The summed E-state index contributed by atoms with van der Waals surface area (Å²) in [4.78, 5) is 2.12. The maximum Gasteiger partial charge on any atom is 0.123 e. The molecule has 1 aliphatic heterocycles. The fourth-order valence-corrected chi connectivity index (χ4v) is 1.66. The summed E-state index contributed by atoms with van der Waals surface area (Å²) in [5.41, 5.74) is 0.643. The summed E-state index contributed by atoms with van der Waals surface area (Å²) in [6.07, 6.45) is 0. The summed E-state index contributed by atoms with van der Waals surface area (Å²) in [6.45, 7) is 2.51. The van der Waals surface area contributed by atoms with E-state index in [-0.39, 0.29) is 11.6 Å². The summed E-state index contributed by atoms with van der Waals surface area (Å²) in [7, 11) is 1.98. The zero-order valence-corrected chi connectivity index (χ0v) is 8.70. The Labute approximate surface area is 88.5 Å². The third-order valence-corrected chi connectivity index (χ3v) is 2.84. The highest BCUT2D eigenvalue weighted by Gasteiger charge is 2.21. The van der Waals surface area contributed by atoms with Crippen LogP contribution in [0.15, 0.2) is 18.2 Å². The van der Waals surface area contributed by atoms with E-state index in [0.717, 1.165) is 13.1 Å². The number of aromatic hydroxyl groups is 1. The highest BCUT2D eigenvalue weighted by molar-refractivity contribution is 5.32. The number of nitrogens with zero attached hydrogens (tertiary/aromatic N) is 1. The second-order valence-corrected chi connectivity index (χ2v) is 4.00. The summed E-state index contributed by atoms with van der Waals surface area (Å²) >= 11 is 0. The van der Waals surface area contributed by atoms with Gasteiger partial charge in [-0.3, -0.25) is 4.90 Å². The van der Waals surface area contributed by atoms with E-state index in [9.17, 15) is 9.50 Å². The van der Waals surface area contributed by atoms with Gasteiger partial charge in [-0.2, -0.15) is 0 Å². The highest BCUT2D eigenvalue weighted by atomic mass is 19.1. The lowest BCUT2D eigenvalue weighted by atomic mass is 10.1. The summed E-state index contributed by atoms with van der Waals surface area (Å²) < 4.78 is 13.0. The van der Waals surface area contributed by atoms with Crippen LogP contribution in [0.5, 0.6) is 5.75 Å². The molecular formula is C11H15FN2O. The molecule has 0 saturated carbocycles. The van der Waals surface area contributed by atoms with Gasteiger partial charge in [0.2, 0.25) is 0 Å². The number of phenols is 1. The van der Waals surface area contributed by atoms with Gasteiger partial charge in [0, 0.05) is 31.2 Å². The second kappa shape index (κ2) is 4.16. The Bertz CT molecular complexity index is 352. The molecule has 3 nitrogen and oxygen atoms in total. The molecule has 0 bridgehead atoms. The number of rotatable bonds is 3. The van der Waals surface area contributed by atoms with Crippen LogP contribution in [0, 0.1) is 5.82 Å². The average Bonchev–Trinajstić information content (AvgIpc) is 2.08. The molecule has 0 amide bonds. The zero-order valence-electron chi connectivity index (χ0n) is 8.70. The first-order valence-electron chi connectivity index (χ1n) is 5.05. The standard InChI is InChI=1S/C11H15FN2O/c1-14(10-5-13-6-10)7-8-4-9(12)2-3-11(8)15/h2-4,10,13,15H,5-7H2,1H3. The largest absolute Gasteiger partial charge is 0.508 e. The third-order valence-electron chi connectivity index (χ3n) is 2.84. The molecule has 1 aromatic carbocycles. The van der Waals surface area contributed by atoms with Crippen LogP contribution >= 0.6 is 0 Å². The summed E-state index contributed by atoms with van der Waals surface area (Å²) in [5.74, 6) is -0.140. The Morgan fingerprint density at radius 1 is 1.53 bits per heavy atom. The molecule has 0 aromatic heterocycles. The predicted molar refractivity (Wildman–Crippen MR) is 56.2 cm³/mol. The van der Waals surface area contributed by atoms with E-state index in [0.29, 0.717) is 18.2 Å². The first-order valence-corrected chi connectivity index (χ1v) is 5.05. The molecule has 2 N–H and O–H groups in total. The average molecular weight is 210 g/mol. The fourth-order valence-electron chi connectivity index (χ4n) is 1.66. The van der Waals surface area contributed by atoms with Gasteiger partial charge in [-0.1, -0.05) is 0 Å². The highest BCUT2D eigenvalue weighted by Crippen LogP contribution is 2.20. The Kier molecular flexibility index (Phi) is 2.88. The maximum atomic E-state index is 13.0. The minimum Gasteiger partial charge on any atom is -0.508 e. The van der Waals surface area contributed by atoms with Crippen molar-refractivity contribution < 1.29 is 9.50 Å². The van der Waals surface area contributed by atoms with Crippen molar-refractivity contribution in [2.45, 2.75) is 12.6 Å². The lowest BCUT2D eigenvalue weighted by molar-refractivity contribution is 0.171. The quantitative estimate of drug-likeness (QED) is 0.779. The number of likely N-dealkylation sites (N-methyl/N-ethyl adjacent to an activating group) is 1. The van der Waals surface area contributed by atoms with Crippen LogP contribution in [-0.4, -0.2) is 36.2 Å². The predicted octanol–water partition coefficient (Wildman–Crippen LogP) is 0.935. The Balaban J connectivity index is 2.05. The van der Waals surface area contributed by atoms with E-state index in [1.54, 1.807) is 0 Å². The topological polar surface area (TPSA) is 35.5 Å². The van der Waals surface area contributed by atoms with E-state index in [4.69, 9.17) is 0 Å². The van der Waals surface area contributed by atoms with Crippen molar-refractivity contribution in [3.63, 3.8) is 0 Å². The molecule has 0 aliphatic carbocycles. The van der Waals surface area contributed by atoms with Crippen molar-refractivity contribution in [3.8, 4) is 5.75 Å². The van der Waals surface area contributed by atoms with Crippen LogP contribution in [-0.2, 0) is 6.54 Å². The number of nitrogens with one attached hydrogen (secondary N) is 1. The van der Waals surface area contributed by atoms with Crippen molar-refractivity contribution in [1.82, 2.24) is 10.2 Å². The van der Waals surface area contributed by atoms with Crippen LogP contribution in [0.2, 0.25) is 0 Å². The number of phenolic OH excluding ortho intramolecular Hbond substituents is 1. The zero-order chi connectivity index (χ0) is 10.8. The molecule has 1 aromatic rings. The number of hydrogen-bond acceptors (Lipinski definition) is 3. The van der Waals surface area contributed by atoms with Crippen LogP contribution in [0.25, 0.3) is 0 Å². The van der Waals surface area contributed by atoms with Crippen molar-refractivity contribution in [2.75, 3.05) is 20.1 Å². The molecule has 2 rings (SSSR count). The molecule has 1 heterocycles. The van der Waals surface area contributed by atoms with Gasteiger partial charge in [0.1, 0.15) is 11.6 Å². The lowest BCUT2D eigenvalue weighted by Crippen LogP contribution is -2.55. The summed E-state index contributed by atoms with van der Waals surface area (Å²) in [5, 5.41) is 12.7. The van der Waals surface area contributed by atoms with Crippen LogP contribution in [0.1, 0.15) is 5.56 Å². The van der Waals surface area contributed by atoms with Crippen molar-refractivity contribution in [3.05, 3.63) is 29.6 Å². The Hall–Kier alpha value is -1.13. The minimum absolute atomic E-state index is 0.163. The number of halogens is 1. The molecular weight excluding hydrogens is 195 g/mol. The van der Waals surface area contributed by atoms with Crippen LogP contribution in [0.4, 0.5) is 4.39 Å². The van der Waals surface area contributed by atoms with E-state index < -0.39 is 0 Å². The van der Waals surface area contributed by atoms with Gasteiger partial charge >= 0.3 is 0 Å². The first-order chi connectivity index (χ1) is 7.16. The SMILES string of the molecule is CN(Cc1cc(F)ccc1O)C1CNC1. The van der Waals surface area contributed by atoms with Crippen molar-refractivity contribution >= 4 is 0 Å². The van der Waals surface area contributed by atoms with Gasteiger partial charge < -0.3 is 10.4 Å². The molecule has 0 radical (unpaired) electrons. The summed E-state index contributed by atoms with van der Waals surface area (Å²) in [6, 6.07) is 4.55. The lowest BCUT2D eigenvalue weighted by Gasteiger charge is -2.35. The van der Waals surface area contributed by atoms with E-state index in [1.807, 2.05) is 7.05 Å². The normalized spacial score (nSPS) is 16.7. The van der Waals surface area contributed by atoms with Crippen molar-refractivity contribution in [1.29, 1.82) is 0 Å². The van der Waals surface area contributed by atoms with E-state index in [1.165, 1.54) is 18.2 Å². The molecule has 1 saturated heterocycles. The molecule has 82 valence electrons. The van der Waals surface area contributed by atoms with Gasteiger partial charge in [0.25, 0.3) is 0 Å². The molecule has 15 heavy (non-hydrogen) atoms. The van der Waals surface area contributed by atoms with E-state index in [2.05, 4.69) is 10.2 Å². The fraction of sp³-hybridized carbons (Fsp3) is 0.455. The van der Waals surface area contributed by atoms with Gasteiger partial charge in [0.15, 0.2) is 0 Å². The van der Waals surface area contributed by atoms with Gasteiger partial charge in [-0.05, 0) is 25.2 Å². The second-order valence-electron chi connectivity index (χ2n) is 4.00. The molecule has 1 fully saturated rings. The van der Waals surface area contributed by atoms with Crippen LogP contribution in [0.3, 0.4) is 0 Å². The van der Waals surface area contributed by atoms with Gasteiger partial charge in [0.05, 0.1) is 0 Å².